The van der Waals surface area contributed by atoms with Gasteiger partial charge in [-0.25, -0.2) is 4.79 Å². The van der Waals surface area contributed by atoms with E-state index in [1.807, 2.05) is 10.6 Å². The number of carboxylic acids is 1. The third-order valence-electron chi connectivity index (χ3n) is 2.99. The van der Waals surface area contributed by atoms with E-state index in [0.717, 1.165) is 5.52 Å². The molecule has 0 saturated carbocycles. The number of benzene rings is 1. The first kappa shape index (κ1) is 12.6. The Morgan fingerprint density at radius 3 is 2.78 bits per heavy atom. The first-order valence-corrected chi connectivity index (χ1v) is 5.79. The van der Waals surface area contributed by atoms with Crippen molar-refractivity contribution in [1.82, 2.24) is 4.57 Å². The van der Waals surface area contributed by atoms with E-state index in [2.05, 4.69) is 0 Å². The standard InChI is InChI=1S/C13H16N2O3/c1-8(16)10-7-15(6-5-14)11-4-2-3-9(12(10)11)13(17)18/h2-4,7-8,16H,5-6,14H2,1H3,(H,17,18). The van der Waals surface area contributed by atoms with Gasteiger partial charge < -0.3 is 20.5 Å². The molecule has 1 heterocycles. The Kier molecular flexibility index (Phi) is 3.36. The molecule has 2 aromatic rings. The zero-order chi connectivity index (χ0) is 13.3. The van der Waals surface area contributed by atoms with Crippen LogP contribution in [0.1, 0.15) is 28.9 Å². The second-order valence-electron chi connectivity index (χ2n) is 4.25. The molecule has 0 aliphatic carbocycles. The van der Waals surface area contributed by atoms with E-state index in [4.69, 9.17) is 5.73 Å². The van der Waals surface area contributed by atoms with Gasteiger partial charge in [0.25, 0.3) is 0 Å². The summed E-state index contributed by atoms with van der Waals surface area (Å²) in [5.41, 5.74) is 7.15. The van der Waals surface area contributed by atoms with Gasteiger partial charge in [-0.1, -0.05) is 6.07 Å². The van der Waals surface area contributed by atoms with Crippen LogP contribution in [0.4, 0.5) is 0 Å². The van der Waals surface area contributed by atoms with E-state index in [-0.39, 0.29) is 5.56 Å². The van der Waals surface area contributed by atoms with Gasteiger partial charge >= 0.3 is 5.97 Å². The van der Waals surface area contributed by atoms with Crippen LogP contribution in [0.25, 0.3) is 10.9 Å². The van der Waals surface area contributed by atoms with Gasteiger partial charge in [-0.05, 0) is 19.1 Å². The first-order valence-electron chi connectivity index (χ1n) is 5.79. The van der Waals surface area contributed by atoms with Crippen molar-refractivity contribution >= 4 is 16.9 Å². The average molecular weight is 248 g/mol. The molecule has 0 aliphatic rings. The highest BCUT2D eigenvalue weighted by Crippen LogP contribution is 2.29. The lowest BCUT2D eigenvalue weighted by Gasteiger charge is -2.04. The molecular weight excluding hydrogens is 232 g/mol. The van der Waals surface area contributed by atoms with Gasteiger partial charge in [-0.3, -0.25) is 0 Å². The molecule has 0 saturated heterocycles. The van der Waals surface area contributed by atoms with Crippen molar-refractivity contribution < 1.29 is 15.0 Å². The van der Waals surface area contributed by atoms with Crippen molar-refractivity contribution in [3.8, 4) is 0 Å². The van der Waals surface area contributed by atoms with Gasteiger partial charge in [0.2, 0.25) is 0 Å². The lowest BCUT2D eigenvalue weighted by molar-refractivity contribution is 0.0699. The summed E-state index contributed by atoms with van der Waals surface area (Å²) in [4.78, 5) is 11.2. The van der Waals surface area contributed by atoms with E-state index in [0.29, 0.717) is 24.0 Å². The van der Waals surface area contributed by atoms with E-state index < -0.39 is 12.1 Å². The molecule has 1 atom stereocenters. The maximum atomic E-state index is 11.2. The molecule has 0 fully saturated rings. The summed E-state index contributed by atoms with van der Waals surface area (Å²) in [6, 6.07) is 5.08. The second kappa shape index (κ2) is 4.80. The molecule has 1 aromatic carbocycles. The molecule has 2 rings (SSSR count). The lowest BCUT2D eigenvalue weighted by Crippen LogP contribution is -2.08. The quantitative estimate of drug-likeness (QED) is 0.762. The van der Waals surface area contributed by atoms with Crippen molar-refractivity contribution in [2.75, 3.05) is 6.54 Å². The Morgan fingerprint density at radius 2 is 2.22 bits per heavy atom. The summed E-state index contributed by atoms with van der Waals surface area (Å²) in [6.07, 6.45) is 1.06. The third kappa shape index (κ3) is 1.98. The molecule has 4 N–H and O–H groups in total. The van der Waals surface area contributed by atoms with Crippen LogP contribution in [0, 0.1) is 0 Å². The van der Waals surface area contributed by atoms with Crippen LogP contribution >= 0.6 is 0 Å². The monoisotopic (exact) mass is 248 g/mol. The van der Waals surface area contributed by atoms with Crippen LogP contribution in [-0.2, 0) is 6.54 Å². The van der Waals surface area contributed by atoms with Gasteiger partial charge in [0, 0.05) is 35.8 Å². The summed E-state index contributed by atoms with van der Waals surface area (Å²) in [5.74, 6) is -0.993. The SMILES string of the molecule is CC(O)c1cn(CCN)c2cccc(C(=O)O)c12. The van der Waals surface area contributed by atoms with Crippen LogP contribution in [0.3, 0.4) is 0 Å². The van der Waals surface area contributed by atoms with E-state index in [1.54, 1.807) is 25.3 Å². The highest BCUT2D eigenvalue weighted by atomic mass is 16.4. The summed E-state index contributed by atoms with van der Waals surface area (Å²) in [6.45, 7) is 2.67. The van der Waals surface area contributed by atoms with Gasteiger partial charge in [0.15, 0.2) is 0 Å². The molecule has 5 heteroatoms. The van der Waals surface area contributed by atoms with E-state index >= 15 is 0 Å². The number of nitrogens with zero attached hydrogens (tertiary/aromatic N) is 1. The van der Waals surface area contributed by atoms with Crippen molar-refractivity contribution in [3.63, 3.8) is 0 Å². The summed E-state index contributed by atoms with van der Waals surface area (Å²) < 4.78 is 1.88. The molecule has 0 radical (unpaired) electrons. The molecule has 1 unspecified atom stereocenters. The highest BCUT2D eigenvalue weighted by molar-refractivity contribution is 6.04. The number of nitrogens with two attached hydrogens (primary N) is 1. The Morgan fingerprint density at radius 1 is 1.50 bits per heavy atom. The van der Waals surface area contributed by atoms with Crippen molar-refractivity contribution in [2.45, 2.75) is 19.6 Å². The minimum absolute atomic E-state index is 0.208. The fourth-order valence-electron chi connectivity index (χ4n) is 2.20. The molecule has 0 aliphatic heterocycles. The molecule has 1 aromatic heterocycles. The number of rotatable bonds is 4. The fourth-order valence-corrected chi connectivity index (χ4v) is 2.20. The zero-order valence-electron chi connectivity index (χ0n) is 10.1. The van der Waals surface area contributed by atoms with Gasteiger partial charge in [0.1, 0.15) is 0 Å². The molecule has 96 valence electrons. The highest BCUT2D eigenvalue weighted by Gasteiger charge is 2.18. The molecule has 18 heavy (non-hydrogen) atoms. The van der Waals surface area contributed by atoms with Crippen molar-refractivity contribution in [2.24, 2.45) is 5.73 Å². The molecule has 5 nitrogen and oxygen atoms in total. The maximum absolute atomic E-state index is 11.2. The normalized spacial score (nSPS) is 12.8. The largest absolute Gasteiger partial charge is 0.478 e. The molecule has 0 amide bonds. The Labute approximate surface area is 104 Å². The number of hydrogen-bond acceptors (Lipinski definition) is 3. The molecule has 0 bridgehead atoms. The zero-order valence-corrected chi connectivity index (χ0v) is 10.1. The van der Waals surface area contributed by atoms with Gasteiger partial charge in [-0.2, -0.15) is 0 Å². The van der Waals surface area contributed by atoms with Crippen LogP contribution in [-0.4, -0.2) is 27.3 Å². The number of aliphatic hydroxyl groups excluding tert-OH is 1. The second-order valence-corrected chi connectivity index (χ2v) is 4.25. The van der Waals surface area contributed by atoms with Crippen LogP contribution in [0.2, 0.25) is 0 Å². The number of carboxylic acid groups (broad SMARTS) is 1. The van der Waals surface area contributed by atoms with E-state index in [9.17, 15) is 15.0 Å². The number of carbonyl (C=O) groups is 1. The van der Waals surface area contributed by atoms with Gasteiger partial charge in [-0.15, -0.1) is 0 Å². The Balaban J connectivity index is 2.78. The van der Waals surface area contributed by atoms with Gasteiger partial charge in [0.05, 0.1) is 11.7 Å². The number of aliphatic hydroxyl groups is 1. The summed E-state index contributed by atoms with van der Waals surface area (Å²) in [7, 11) is 0. The minimum Gasteiger partial charge on any atom is -0.478 e. The number of fused-ring (bicyclic) bond motifs is 1. The minimum atomic E-state index is -0.993. The van der Waals surface area contributed by atoms with Crippen molar-refractivity contribution in [3.05, 3.63) is 35.5 Å². The fraction of sp³-hybridized carbons (Fsp3) is 0.308. The van der Waals surface area contributed by atoms with Crippen LogP contribution in [0.5, 0.6) is 0 Å². The molecular formula is C13H16N2O3. The average Bonchev–Trinajstić information content (AvgIpc) is 2.69. The Hall–Kier alpha value is -1.85. The lowest BCUT2D eigenvalue weighted by atomic mass is 10.0. The maximum Gasteiger partial charge on any atom is 0.336 e. The van der Waals surface area contributed by atoms with Crippen LogP contribution in [0.15, 0.2) is 24.4 Å². The summed E-state index contributed by atoms with van der Waals surface area (Å²) >= 11 is 0. The van der Waals surface area contributed by atoms with Crippen molar-refractivity contribution in [1.29, 1.82) is 0 Å². The smallest absolute Gasteiger partial charge is 0.336 e. The van der Waals surface area contributed by atoms with Crippen LogP contribution < -0.4 is 5.73 Å². The number of aromatic nitrogens is 1. The topological polar surface area (TPSA) is 88.5 Å². The number of aromatic carboxylic acids is 1. The number of hydrogen-bond donors (Lipinski definition) is 3. The van der Waals surface area contributed by atoms with E-state index in [1.165, 1.54) is 0 Å². The first-order chi connectivity index (χ1) is 8.56. The summed E-state index contributed by atoms with van der Waals surface area (Å²) in [5, 5.41) is 19.6. The Bertz CT molecular complexity index is 587. The predicted octanol–water partition coefficient (Wildman–Crippen LogP) is 1.35. The third-order valence-corrected chi connectivity index (χ3v) is 2.99. The predicted molar refractivity (Wildman–Crippen MR) is 68.6 cm³/mol. The molecule has 0 spiro atoms.